The van der Waals surface area contributed by atoms with Crippen molar-refractivity contribution in [1.82, 2.24) is 5.32 Å². The molecule has 0 radical (unpaired) electrons. The summed E-state index contributed by atoms with van der Waals surface area (Å²) in [5, 5.41) is 121. The first-order valence-electron chi connectivity index (χ1n) is 40.7. The van der Waals surface area contributed by atoms with Crippen LogP contribution in [-0.2, 0) is 33.2 Å². The fourth-order valence-electron chi connectivity index (χ4n) is 13.9. The summed E-state index contributed by atoms with van der Waals surface area (Å²) in [5.74, 6) is -0.283. The number of ether oxygens (including phenoxy) is 6. The van der Waals surface area contributed by atoms with Gasteiger partial charge in [-0.15, -0.1) is 0 Å². The Balaban J connectivity index is 1.39. The molecule has 17 atom stereocenters. The van der Waals surface area contributed by atoms with Crippen molar-refractivity contribution in [2.75, 3.05) is 26.4 Å². The largest absolute Gasteiger partial charge is 0.394 e. The van der Waals surface area contributed by atoms with E-state index in [1.165, 1.54) is 257 Å². The third-order valence-electron chi connectivity index (χ3n) is 20.4. The van der Waals surface area contributed by atoms with Crippen molar-refractivity contribution in [2.45, 2.75) is 439 Å². The first-order chi connectivity index (χ1) is 48.3. The minimum Gasteiger partial charge on any atom is -0.394 e. The summed E-state index contributed by atoms with van der Waals surface area (Å²) < 4.78 is 34.4. The highest BCUT2D eigenvalue weighted by Crippen LogP contribution is 2.33. The van der Waals surface area contributed by atoms with Gasteiger partial charge in [-0.2, -0.15) is 0 Å². The van der Waals surface area contributed by atoms with Crippen molar-refractivity contribution < 1.29 is 89.4 Å². The van der Waals surface area contributed by atoms with Crippen molar-refractivity contribution in [3.63, 3.8) is 0 Å². The second-order valence-electron chi connectivity index (χ2n) is 29.2. The molecule has 0 aromatic heterocycles. The Hall–Kier alpha value is -1.99. The van der Waals surface area contributed by atoms with Crippen LogP contribution in [0.5, 0.6) is 0 Å². The van der Waals surface area contributed by atoms with Crippen LogP contribution in [0.1, 0.15) is 335 Å². The van der Waals surface area contributed by atoms with E-state index in [9.17, 15) is 61.0 Å². The number of aliphatic hydroxyl groups excluding tert-OH is 11. The van der Waals surface area contributed by atoms with Crippen molar-refractivity contribution >= 4 is 5.91 Å². The zero-order valence-corrected chi connectivity index (χ0v) is 62.2. The Morgan fingerprint density at radius 2 is 0.646 bits per heavy atom. The van der Waals surface area contributed by atoms with Gasteiger partial charge < -0.3 is 89.9 Å². The maximum Gasteiger partial charge on any atom is 0.220 e. The monoisotopic (exact) mass is 1410 g/mol. The number of carbonyl (C=O) groups is 1. The molecule has 3 rings (SSSR count). The van der Waals surface area contributed by atoms with Crippen LogP contribution in [0.4, 0.5) is 0 Å². The van der Waals surface area contributed by atoms with Gasteiger partial charge in [-0.05, 0) is 44.9 Å². The molecule has 17 unspecified atom stereocenters. The molecule has 0 saturated carbocycles. The number of carbonyl (C=O) groups excluding carboxylic acids is 1. The topological polar surface area (TPSA) is 307 Å². The molecular formula is C80H149NO18. The van der Waals surface area contributed by atoms with Crippen LogP contribution in [0.15, 0.2) is 36.5 Å². The quantitative estimate of drug-likeness (QED) is 0.0199. The van der Waals surface area contributed by atoms with Crippen LogP contribution < -0.4 is 5.32 Å². The lowest BCUT2D eigenvalue weighted by Crippen LogP contribution is -2.66. The highest BCUT2D eigenvalue weighted by Gasteiger charge is 2.54. The summed E-state index contributed by atoms with van der Waals surface area (Å²) in [5.41, 5.74) is 0. The molecule has 19 nitrogen and oxygen atoms in total. The minimum atomic E-state index is -1.98. The molecule has 3 fully saturated rings. The second-order valence-corrected chi connectivity index (χ2v) is 29.2. The predicted molar refractivity (Wildman–Crippen MR) is 393 cm³/mol. The van der Waals surface area contributed by atoms with Gasteiger partial charge in [-0.3, -0.25) is 4.79 Å². The molecule has 3 saturated heterocycles. The molecular weight excluding hydrogens is 1260 g/mol. The molecule has 19 heteroatoms. The molecule has 0 bridgehead atoms. The number of rotatable bonds is 65. The van der Waals surface area contributed by atoms with Crippen molar-refractivity contribution in [3.8, 4) is 0 Å². The van der Waals surface area contributed by atoms with Gasteiger partial charge in [-0.1, -0.05) is 320 Å². The fraction of sp³-hybridized carbons (Fsp3) is 0.912. The second kappa shape index (κ2) is 61.2. The maximum atomic E-state index is 13.5. The van der Waals surface area contributed by atoms with Gasteiger partial charge in [-0.25, -0.2) is 0 Å². The first kappa shape index (κ1) is 91.2. The number of allylic oxidation sites excluding steroid dienone is 5. The van der Waals surface area contributed by atoms with Crippen LogP contribution in [0, 0.1) is 0 Å². The summed E-state index contributed by atoms with van der Waals surface area (Å²) in [6.07, 6.45) is 48.6. The van der Waals surface area contributed by atoms with E-state index in [1.807, 2.05) is 6.08 Å². The lowest BCUT2D eigenvalue weighted by molar-refractivity contribution is -0.379. The molecule has 12 N–H and O–H groups in total. The van der Waals surface area contributed by atoms with Crippen molar-refractivity contribution in [2.24, 2.45) is 0 Å². The maximum absolute atomic E-state index is 13.5. The Morgan fingerprint density at radius 1 is 0.354 bits per heavy atom. The standard InChI is InChI=1S/C80H149NO18/c1-3-5-7-9-11-13-15-17-19-21-23-25-27-28-29-30-31-32-33-34-35-36-37-39-41-43-45-47-49-51-53-55-57-64(85)63(81-68(86)58-56-54-52-50-48-46-44-42-40-38-26-24-22-20-18-16-14-12-10-8-6-4-2)62-94-78-74(92)71(89)76(66(60-83)96-78)99-80-75(93)72(90)77(67(61-84)97-80)98-79-73(91)70(88)69(87)65(59-82)95-79/h39,41,47,49,55,57,63-67,69-80,82-85,87-93H,3-38,40,42-46,48,50-54,56,58-62H2,1-2H3,(H,81,86)/b41-39+,49-47+,57-55+. The molecule has 582 valence electrons. The molecule has 0 spiro atoms. The highest BCUT2D eigenvalue weighted by atomic mass is 16.8. The fourth-order valence-corrected chi connectivity index (χ4v) is 13.9. The first-order valence-corrected chi connectivity index (χ1v) is 40.7. The number of amides is 1. The SMILES string of the molecule is CCCCCCCCCCCCCCCCCCCCCCCC/C=C/CC/C=C/CC/C=C/C(O)C(COC1OC(CO)C(OC2OC(CO)C(OC3OC(CO)C(O)C(O)C3O)C(O)C2O)C(O)C1O)NC(=O)CCCCCCCCCCCCCCCCCCCCCCCC. The van der Waals surface area contributed by atoms with Crippen molar-refractivity contribution in [1.29, 1.82) is 0 Å². The van der Waals surface area contributed by atoms with E-state index in [2.05, 4.69) is 43.5 Å². The number of aliphatic hydroxyl groups is 11. The molecule has 3 aliphatic heterocycles. The third kappa shape index (κ3) is 41.5. The zero-order chi connectivity index (χ0) is 71.8. The van der Waals surface area contributed by atoms with Gasteiger partial charge in [0.2, 0.25) is 5.91 Å². The molecule has 1 amide bonds. The Kier molecular flexibility index (Phi) is 56.4. The lowest BCUT2D eigenvalue weighted by Gasteiger charge is -2.48. The third-order valence-corrected chi connectivity index (χ3v) is 20.4. The summed E-state index contributed by atoms with van der Waals surface area (Å²) in [6, 6.07) is -0.996. The van der Waals surface area contributed by atoms with Gasteiger partial charge >= 0.3 is 0 Å². The number of hydrogen-bond donors (Lipinski definition) is 12. The molecule has 3 heterocycles. The van der Waals surface area contributed by atoms with Crippen molar-refractivity contribution in [3.05, 3.63) is 36.5 Å². The lowest BCUT2D eigenvalue weighted by atomic mass is 9.96. The van der Waals surface area contributed by atoms with Crippen LogP contribution >= 0.6 is 0 Å². The van der Waals surface area contributed by atoms with Gasteiger partial charge in [0.1, 0.15) is 73.2 Å². The normalized spacial score (nSPS) is 26.7. The molecule has 0 aromatic rings. The molecule has 99 heavy (non-hydrogen) atoms. The summed E-state index contributed by atoms with van der Waals surface area (Å²) in [7, 11) is 0. The molecule has 0 aliphatic carbocycles. The zero-order valence-electron chi connectivity index (χ0n) is 62.2. The Morgan fingerprint density at radius 3 is 1.01 bits per heavy atom. The smallest absolute Gasteiger partial charge is 0.220 e. The highest BCUT2D eigenvalue weighted by molar-refractivity contribution is 5.76. The summed E-state index contributed by atoms with van der Waals surface area (Å²) in [6.45, 7) is 1.77. The number of unbranched alkanes of at least 4 members (excludes halogenated alkanes) is 45. The molecule has 0 aromatic carbocycles. The average molecular weight is 1410 g/mol. The minimum absolute atomic E-state index is 0.236. The summed E-state index contributed by atoms with van der Waals surface area (Å²) >= 11 is 0. The van der Waals surface area contributed by atoms with E-state index >= 15 is 0 Å². The van der Waals surface area contributed by atoms with Gasteiger partial charge in [0.25, 0.3) is 0 Å². The van der Waals surface area contributed by atoms with E-state index in [0.717, 1.165) is 44.9 Å². The van der Waals surface area contributed by atoms with E-state index in [-0.39, 0.29) is 18.9 Å². The van der Waals surface area contributed by atoms with E-state index in [1.54, 1.807) is 6.08 Å². The predicted octanol–water partition coefficient (Wildman–Crippen LogP) is 13.5. The average Bonchev–Trinajstić information content (AvgIpc) is 0.784. The van der Waals surface area contributed by atoms with E-state index in [0.29, 0.717) is 12.8 Å². The van der Waals surface area contributed by atoms with E-state index in [4.69, 9.17) is 28.4 Å². The van der Waals surface area contributed by atoms with Crippen LogP contribution in [0.2, 0.25) is 0 Å². The summed E-state index contributed by atoms with van der Waals surface area (Å²) in [4.78, 5) is 13.5. The number of hydrogen-bond acceptors (Lipinski definition) is 18. The van der Waals surface area contributed by atoms with Crippen LogP contribution in [0.25, 0.3) is 0 Å². The van der Waals surface area contributed by atoms with Gasteiger partial charge in [0, 0.05) is 6.42 Å². The van der Waals surface area contributed by atoms with Crippen LogP contribution in [-0.4, -0.2) is 193 Å². The number of nitrogens with one attached hydrogen (secondary N) is 1. The molecule has 3 aliphatic rings. The van der Waals surface area contributed by atoms with Gasteiger partial charge in [0.15, 0.2) is 18.9 Å². The Bertz CT molecular complexity index is 1930. The van der Waals surface area contributed by atoms with E-state index < -0.39 is 124 Å². The Labute approximate surface area is 600 Å². The van der Waals surface area contributed by atoms with Crippen LogP contribution in [0.3, 0.4) is 0 Å². The van der Waals surface area contributed by atoms with Gasteiger partial charge in [0.05, 0.1) is 38.6 Å².